The molecule has 0 fully saturated rings. The molecule has 90 valence electrons. The molecule has 2 aromatic rings. The van der Waals surface area contributed by atoms with Crippen LogP contribution in [0.3, 0.4) is 0 Å². The second kappa shape index (κ2) is 4.89. The Kier molecular flexibility index (Phi) is 3.49. The van der Waals surface area contributed by atoms with Crippen LogP contribution in [0.15, 0.2) is 18.6 Å². The molecule has 5 nitrogen and oxygen atoms in total. The summed E-state index contributed by atoms with van der Waals surface area (Å²) in [6.07, 6.45) is 3.18. The fourth-order valence-corrected chi connectivity index (χ4v) is 1.91. The molecule has 0 aliphatic carbocycles. The van der Waals surface area contributed by atoms with Crippen molar-refractivity contribution in [3.63, 3.8) is 0 Å². The molecule has 2 rings (SSSR count). The Morgan fingerprint density at radius 2 is 2.18 bits per heavy atom. The molecule has 2 aromatic heterocycles. The minimum Gasteiger partial charge on any atom is -0.359 e. The first-order valence-electron chi connectivity index (χ1n) is 4.99. The topological polar surface area (TPSA) is 55.6 Å². The van der Waals surface area contributed by atoms with Gasteiger partial charge < -0.3 is 9.88 Å². The van der Waals surface area contributed by atoms with Gasteiger partial charge in [-0.1, -0.05) is 23.2 Å². The fourth-order valence-electron chi connectivity index (χ4n) is 1.47. The van der Waals surface area contributed by atoms with Gasteiger partial charge in [-0.15, -0.1) is 10.2 Å². The highest BCUT2D eigenvalue weighted by atomic mass is 35.5. The van der Waals surface area contributed by atoms with Crippen molar-refractivity contribution in [2.75, 3.05) is 5.32 Å². The van der Waals surface area contributed by atoms with E-state index in [0.29, 0.717) is 15.9 Å². The Hall–Kier alpha value is -1.33. The summed E-state index contributed by atoms with van der Waals surface area (Å²) >= 11 is 11.8. The van der Waals surface area contributed by atoms with Crippen LogP contribution < -0.4 is 5.32 Å². The minimum atomic E-state index is -0.0475. The van der Waals surface area contributed by atoms with Crippen molar-refractivity contribution in [1.29, 1.82) is 0 Å². The molecule has 0 aliphatic heterocycles. The maximum absolute atomic E-state index is 6.02. The van der Waals surface area contributed by atoms with Gasteiger partial charge in [0.1, 0.15) is 12.1 Å². The number of aryl methyl sites for hydroxylation is 1. The van der Waals surface area contributed by atoms with Crippen molar-refractivity contribution >= 4 is 29.0 Å². The van der Waals surface area contributed by atoms with E-state index in [-0.39, 0.29) is 6.04 Å². The standard InChI is InChI=1S/C10H11Cl2N5/c1-6(10-16-14-5-17(10)2)15-9-8(12)3-7(11)4-13-9/h3-6H,1-2H3,(H,13,15). The van der Waals surface area contributed by atoms with E-state index in [1.165, 1.54) is 0 Å². The Morgan fingerprint density at radius 1 is 1.41 bits per heavy atom. The van der Waals surface area contributed by atoms with Crippen LogP contribution >= 0.6 is 23.2 Å². The fraction of sp³-hybridized carbons (Fsp3) is 0.300. The SMILES string of the molecule is CC(Nc1ncc(Cl)cc1Cl)c1nncn1C. The molecular formula is C10H11Cl2N5. The number of hydrogen-bond acceptors (Lipinski definition) is 4. The molecule has 0 aromatic carbocycles. The summed E-state index contributed by atoms with van der Waals surface area (Å²) in [6, 6.07) is 1.59. The van der Waals surface area contributed by atoms with Crippen molar-refractivity contribution in [2.24, 2.45) is 7.05 Å². The highest BCUT2D eigenvalue weighted by Gasteiger charge is 2.13. The Morgan fingerprint density at radius 3 is 2.76 bits per heavy atom. The molecule has 1 N–H and O–H groups in total. The van der Waals surface area contributed by atoms with E-state index >= 15 is 0 Å². The lowest BCUT2D eigenvalue weighted by Crippen LogP contribution is -2.13. The van der Waals surface area contributed by atoms with E-state index in [2.05, 4.69) is 20.5 Å². The molecule has 1 atom stereocenters. The largest absolute Gasteiger partial charge is 0.359 e. The second-order valence-electron chi connectivity index (χ2n) is 3.65. The predicted molar refractivity (Wildman–Crippen MR) is 67.3 cm³/mol. The average Bonchev–Trinajstić information content (AvgIpc) is 2.68. The van der Waals surface area contributed by atoms with Gasteiger partial charge in [0, 0.05) is 13.2 Å². The number of anilines is 1. The van der Waals surface area contributed by atoms with Crippen LogP contribution in [0, 0.1) is 0 Å². The molecule has 0 amide bonds. The lowest BCUT2D eigenvalue weighted by atomic mass is 10.3. The molecule has 0 saturated heterocycles. The lowest BCUT2D eigenvalue weighted by Gasteiger charge is -2.14. The number of nitrogens with zero attached hydrogens (tertiary/aromatic N) is 4. The molecule has 0 spiro atoms. The summed E-state index contributed by atoms with van der Waals surface area (Å²) in [5.41, 5.74) is 0. The Balaban J connectivity index is 2.19. The van der Waals surface area contributed by atoms with Crippen molar-refractivity contribution < 1.29 is 0 Å². The van der Waals surface area contributed by atoms with Gasteiger partial charge in [0.2, 0.25) is 0 Å². The number of nitrogens with one attached hydrogen (secondary N) is 1. The molecular weight excluding hydrogens is 261 g/mol. The maximum Gasteiger partial charge on any atom is 0.154 e. The van der Waals surface area contributed by atoms with Gasteiger partial charge in [-0.05, 0) is 13.0 Å². The molecule has 7 heteroatoms. The van der Waals surface area contributed by atoms with E-state index in [9.17, 15) is 0 Å². The van der Waals surface area contributed by atoms with Crippen LogP contribution in [-0.2, 0) is 7.05 Å². The molecule has 0 aliphatic rings. The van der Waals surface area contributed by atoms with Gasteiger partial charge in [0.25, 0.3) is 0 Å². The number of rotatable bonds is 3. The van der Waals surface area contributed by atoms with Gasteiger partial charge in [-0.3, -0.25) is 0 Å². The predicted octanol–water partition coefficient (Wildman–Crippen LogP) is 2.69. The minimum absolute atomic E-state index is 0.0475. The molecule has 0 bridgehead atoms. The van der Waals surface area contributed by atoms with Gasteiger partial charge in [0.05, 0.1) is 16.1 Å². The molecule has 1 unspecified atom stereocenters. The quantitative estimate of drug-likeness (QED) is 0.933. The first-order valence-corrected chi connectivity index (χ1v) is 5.75. The van der Waals surface area contributed by atoms with Crippen molar-refractivity contribution in [2.45, 2.75) is 13.0 Å². The van der Waals surface area contributed by atoms with E-state index in [1.807, 2.05) is 18.5 Å². The van der Waals surface area contributed by atoms with Crippen LogP contribution in [0.2, 0.25) is 10.0 Å². The normalized spacial score (nSPS) is 12.5. The Bertz CT molecular complexity index is 525. The highest BCUT2D eigenvalue weighted by molar-refractivity contribution is 6.35. The van der Waals surface area contributed by atoms with Crippen molar-refractivity contribution in [3.8, 4) is 0 Å². The third-order valence-corrected chi connectivity index (χ3v) is 2.79. The van der Waals surface area contributed by atoms with Crippen LogP contribution in [-0.4, -0.2) is 19.7 Å². The van der Waals surface area contributed by atoms with Crippen LogP contribution in [0.5, 0.6) is 0 Å². The third-order valence-electron chi connectivity index (χ3n) is 2.29. The monoisotopic (exact) mass is 271 g/mol. The number of pyridine rings is 1. The first-order chi connectivity index (χ1) is 8.08. The van der Waals surface area contributed by atoms with Gasteiger partial charge in [-0.25, -0.2) is 4.98 Å². The third kappa shape index (κ3) is 2.68. The molecule has 17 heavy (non-hydrogen) atoms. The summed E-state index contributed by atoms with van der Waals surface area (Å²) in [6.45, 7) is 1.95. The summed E-state index contributed by atoms with van der Waals surface area (Å²) in [5, 5.41) is 12.0. The first kappa shape index (κ1) is 12.1. The number of halogens is 2. The summed E-state index contributed by atoms with van der Waals surface area (Å²) in [7, 11) is 1.88. The molecule has 0 saturated carbocycles. The zero-order chi connectivity index (χ0) is 12.4. The summed E-state index contributed by atoms with van der Waals surface area (Å²) < 4.78 is 1.83. The van der Waals surface area contributed by atoms with E-state index in [1.54, 1.807) is 18.6 Å². The zero-order valence-electron chi connectivity index (χ0n) is 9.35. The van der Waals surface area contributed by atoms with E-state index in [4.69, 9.17) is 23.2 Å². The van der Waals surface area contributed by atoms with Crippen LogP contribution in [0.4, 0.5) is 5.82 Å². The van der Waals surface area contributed by atoms with E-state index < -0.39 is 0 Å². The van der Waals surface area contributed by atoms with Crippen molar-refractivity contribution in [3.05, 3.63) is 34.5 Å². The molecule has 0 radical (unpaired) electrons. The van der Waals surface area contributed by atoms with Crippen LogP contribution in [0.25, 0.3) is 0 Å². The number of hydrogen-bond donors (Lipinski definition) is 1. The van der Waals surface area contributed by atoms with Crippen molar-refractivity contribution in [1.82, 2.24) is 19.7 Å². The van der Waals surface area contributed by atoms with Crippen LogP contribution in [0.1, 0.15) is 18.8 Å². The maximum atomic E-state index is 6.02. The summed E-state index contributed by atoms with van der Waals surface area (Å²) in [4.78, 5) is 4.12. The smallest absolute Gasteiger partial charge is 0.154 e. The number of aromatic nitrogens is 4. The van der Waals surface area contributed by atoms with Gasteiger partial charge >= 0.3 is 0 Å². The Labute approximate surface area is 109 Å². The average molecular weight is 272 g/mol. The van der Waals surface area contributed by atoms with Gasteiger partial charge in [0.15, 0.2) is 5.82 Å². The molecule has 2 heterocycles. The second-order valence-corrected chi connectivity index (χ2v) is 4.49. The highest BCUT2D eigenvalue weighted by Crippen LogP contribution is 2.25. The lowest BCUT2D eigenvalue weighted by molar-refractivity contribution is 0.716. The zero-order valence-corrected chi connectivity index (χ0v) is 10.9. The van der Waals surface area contributed by atoms with E-state index in [0.717, 1.165) is 5.82 Å². The summed E-state index contributed by atoms with van der Waals surface area (Å²) in [5.74, 6) is 1.38. The van der Waals surface area contributed by atoms with Gasteiger partial charge in [-0.2, -0.15) is 0 Å².